The first-order valence-corrected chi connectivity index (χ1v) is 8.85. The molecule has 0 saturated carbocycles. The summed E-state index contributed by atoms with van der Waals surface area (Å²) in [7, 11) is -0.582. The lowest BCUT2D eigenvalue weighted by Gasteiger charge is -2.32. The second kappa shape index (κ2) is 5.82. The minimum Gasteiger partial charge on any atom is -0.443 e. The van der Waals surface area contributed by atoms with E-state index in [2.05, 4.69) is 0 Å². The molecule has 2 heterocycles. The minimum absolute atomic E-state index is 0.156. The van der Waals surface area contributed by atoms with Gasteiger partial charge in [0.1, 0.15) is 5.60 Å². The van der Waals surface area contributed by atoms with Gasteiger partial charge < -0.3 is 14.0 Å². The number of nitrogens with zero attached hydrogens (tertiary/aromatic N) is 1. The lowest BCUT2D eigenvalue weighted by atomic mass is 9.75. The van der Waals surface area contributed by atoms with Gasteiger partial charge in [-0.15, -0.1) is 0 Å². The van der Waals surface area contributed by atoms with Crippen molar-refractivity contribution < 1.29 is 23.6 Å². The lowest BCUT2D eigenvalue weighted by Crippen LogP contribution is -2.41. The molecule has 0 N–H and O–H groups in total. The molecule has 26 heavy (non-hydrogen) atoms. The molecule has 0 radical (unpaired) electrons. The van der Waals surface area contributed by atoms with Gasteiger partial charge in [-0.25, -0.2) is 9.69 Å². The third-order valence-electron chi connectivity index (χ3n) is 5.13. The van der Waals surface area contributed by atoms with Crippen LogP contribution in [0, 0.1) is 0 Å². The summed E-state index contributed by atoms with van der Waals surface area (Å²) in [6.07, 6.45) is -0.640. The summed E-state index contributed by atoms with van der Waals surface area (Å²) in [5.74, 6) is -0.354. The molecule has 1 fully saturated rings. The van der Waals surface area contributed by atoms with Gasteiger partial charge in [0, 0.05) is 5.56 Å². The van der Waals surface area contributed by atoms with E-state index in [1.54, 1.807) is 32.9 Å². The topological polar surface area (TPSA) is 65.1 Å². The number of ether oxygens (including phenoxy) is 1. The number of hydrogen-bond acceptors (Lipinski definition) is 5. The molecule has 1 aromatic rings. The fourth-order valence-corrected chi connectivity index (χ4v) is 3.01. The van der Waals surface area contributed by atoms with Crippen molar-refractivity contribution in [1.82, 2.24) is 4.90 Å². The smallest absolute Gasteiger partial charge is 0.443 e. The summed E-state index contributed by atoms with van der Waals surface area (Å²) >= 11 is 0. The second-order valence-electron chi connectivity index (χ2n) is 8.83. The van der Waals surface area contributed by atoms with E-state index in [4.69, 9.17) is 14.0 Å². The van der Waals surface area contributed by atoms with E-state index in [-0.39, 0.29) is 12.5 Å². The number of amides is 2. The molecule has 6 nitrogen and oxygen atoms in total. The van der Waals surface area contributed by atoms with Crippen molar-refractivity contribution in [2.24, 2.45) is 0 Å². The third-order valence-corrected chi connectivity index (χ3v) is 5.13. The van der Waals surface area contributed by atoms with E-state index < -0.39 is 30.0 Å². The van der Waals surface area contributed by atoms with Crippen LogP contribution < -0.4 is 5.46 Å². The summed E-state index contributed by atoms with van der Waals surface area (Å²) in [4.78, 5) is 26.2. The number of carbonyl (C=O) groups is 2. The highest BCUT2D eigenvalue weighted by Crippen LogP contribution is 2.37. The molecule has 0 spiro atoms. The molecule has 2 aliphatic heterocycles. The Morgan fingerprint density at radius 1 is 1.15 bits per heavy atom. The van der Waals surface area contributed by atoms with Gasteiger partial charge in [-0.1, -0.05) is 12.1 Å². The summed E-state index contributed by atoms with van der Waals surface area (Å²) in [6, 6.07) is 5.39. The maximum atomic E-state index is 12.7. The minimum atomic E-state index is -0.666. The van der Waals surface area contributed by atoms with Crippen LogP contribution in [0.3, 0.4) is 0 Å². The average molecular weight is 359 g/mol. The fourth-order valence-electron chi connectivity index (χ4n) is 3.01. The molecular formula is C19H26BNO5. The molecule has 0 aromatic heterocycles. The molecule has 0 atom stereocenters. The molecule has 140 valence electrons. The largest absolute Gasteiger partial charge is 0.495 e. The van der Waals surface area contributed by atoms with Crippen molar-refractivity contribution in [2.45, 2.75) is 71.8 Å². The van der Waals surface area contributed by atoms with Crippen LogP contribution in [0.1, 0.15) is 64.4 Å². The Balaban J connectivity index is 1.90. The molecule has 1 saturated heterocycles. The van der Waals surface area contributed by atoms with Crippen LogP contribution in [0.4, 0.5) is 4.79 Å². The molecule has 0 bridgehead atoms. The van der Waals surface area contributed by atoms with E-state index in [1.165, 1.54) is 0 Å². The van der Waals surface area contributed by atoms with Crippen LogP contribution in [0.2, 0.25) is 0 Å². The molecule has 2 amide bonds. The molecule has 0 unspecified atom stereocenters. The van der Waals surface area contributed by atoms with E-state index >= 15 is 0 Å². The second-order valence-corrected chi connectivity index (χ2v) is 8.83. The van der Waals surface area contributed by atoms with Gasteiger partial charge in [0.25, 0.3) is 5.91 Å². The Bertz CT molecular complexity index is 750. The maximum absolute atomic E-state index is 12.7. The summed E-state index contributed by atoms with van der Waals surface area (Å²) in [6.45, 7) is 13.4. The average Bonchev–Trinajstić information content (AvgIpc) is 2.91. The van der Waals surface area contributed by atoms with Gasteiger partial charge in [-0.05, 0) is 65.6 Å². The van der Waals surface area contributed by atoms with E-state index in [0.29, 0.717) is 5.56 Å². The molecule has 3 rings (SSSR count). The normalized spacial score (nSPS) is 21.1. The van der Waals surface area contributed by atoms with Crippen LogP contribution in [-0.2, 0) is 20.6 Å². The standard InChI is InChI=1S/C19H26BNO5/c1-17(2,3)24-16(23)21-11-13-12(15(21)22)9-8-10-14(13)20-25-18(4,5)19(6,7)26-20/h8-10H,11H2,1-7H3. The summed E-state index contributed by atoms with van der Waals surface area (Å²) < 4.78 is 17.6. The van der Waals surface area contributed by atoms with Gasteiger partial charge in [0.2, 0.25) is 0 Å². The van der Waals surface area contributed by atoms with Crippen molar-refractivity contribution in [2.75, 3.05) is 0 Å². The Morgan fingerprint density at radius 3 is 2.27 bits per heavy atom. The molecular weight excluding hydrogens is 333 g/mol. The van der Waals surface area contributed by atoms with Crippen molar-refractivity contribution in [3.63, 3.8) is 0 Å². The van der Waals surface area contributed by atoms with E-state index in [9.17, 15) is 9.59 Å². The molecule has 0 aliphatic carbocycles. The van der Waals surface area contributed by atoms with Gasteiger partial charge >= 0.3 is 13.2 Å². The molecule has 1 aromatic carbocycles. The number of rotatable bonds is 1. The van der Waals surface area contributed by atoms with Crippen molar-refractivity contribution in [3.05, 3.63) is 29.3 Å². The monoisotopic (exact) mass is 359 g/mol. The highest BCUT2D eigenvalue weighted by atomic mass is 16.7. The Hall–Kier alpha value is -1.86. The fraction of sp³-hybridized carbons (Fsp3) is 0.579. The van der Waals surface area contributed by atoms with Gasteiger partial charge in [0.05, 0.1) is 17.7 Å². The van der Waals surface area contributed by atoms with E-state index in [0.717, 1.165) is 15.9 Å². The van der Waals surface area contributed by atoms with Crippen molar-refractivity contribution in [1.29, 1.82) is 0 Å². The first-order valence-electron chi connectivity index (χ1n) is 8.85. The molecule has 2 aliphatic rings. The van der Waals surface area contributed by atoms with Crippen LogP contribution in [0.25, 0.3) is 0 Å². The highest BCUT2D eigenvalue weighted by molar-refractivity contribution is 6.63. The number of benzene rings is 1. The van der Waals surface area contributed by atoms with Crippen LogP contribution in [0.5, 0.6) is 0 Å². The number of imide groups is 1. The Kier molecular flexibility index (Phi) is 4.24. The Labute approximate surface area is 154 Å². The first-order chi connectivity index (χ1) is 11.8. The maximum Gasteiger partial charge on any atom is 0.495 e. The van der Waals surface area contributed by atoms with E-state index in [1.807, 2.05) is 33.8 Å². The highest BCUT2D eigenvalue weighted by Gasteiger charge is 2.53. The van der Waals surface area contributed by atoms with Crippen molar-refractivity contribution in [3.8, 4) is 0 Å². The van der Waals surface area contributed by atoms with Crippen molar-refractivity contribution >= 4 is 24.6 Å². The summed E-state index contributed by atoms with van der Waals surface area (Å²) in [5, 5.41) is 0. The van der Waals surface area contributed by atoms with Gasteiger partial charge in [-0.3, -0.25) is 4.79 Å². The predicted octanol–water partition coefficient (Wildman–Crippen LogP) is 2.88. The van der Waals surface area contributed by atoms with Crippen LogP contribution in [-0.4, -0.2) is 40.8 Å². The third kappa shape index (κ3) is 3.14. The van der Waals surface area contributed by atoms with Gasteiger partial charge in [-0.2, -0.15) is 0 Å². The first kappa shape index (κ1) is 18.9. The predicted molar refractivity (Wildman–Crippen MR) is 98.3 cm³/mol. The SMILES string of the molecule is CC(C)(C)OC(=O)N1Cc2c(B3OC(C)(C)C(C)(C)O3)cccc2C1=O. The summed E-state index contributed by atoms with van der Waals surface area (Å²) in [5.41, 5.74) is 0.396. The van der Waals surface area contributed by atoms with Gasteiger partial charge in [0.15, 0.2) is 0 Å². The van der Waals surface area contributed by atoms with Crippen LogP contribution >= 0.6 is 0 Å². The zero-order chi connectivity index (χ0) is 19.5. The number of carbonyl (C=O) groups excluding carboxylic acids is 2. The lowest BCUT2D eigenvalue weighted by molar-refractivity contribution is 0.00578. The number of fused-ring (bicyclic) bond motifs is 1. The quantitative estimate of drug-likeness (QED) is 0.722. The zero-order valence-electron chi connectivity index (χ0n) is 16.5. The molecule has 7 heteroatoms. The van der Waals surface area contributed by atoms with Crippen LogP contribution in [0.15, 0.2) is 18.2 Å². The number of hydrogen-bond donors (Lipinski definition) is 0. The Morgan fingerprint density at radius 2 is 1.73 bits per heavy atom. The zero-order valence-corrected chi connectivity index (χ0v) is 16.5.